The van der Waals surface area contributed by atoms with Crippen molar-refractivity contribution in [2.75, 3.05) is 5.33 Å². The van der Waals surface area contributed by atoms with Gasteiger partial charge in [0.2, 0.25) is 0 Å². The van der Waals surface area contributed by atoms with Crippen LogP contribution >= 0.6 is 15.9 Å². The molecule has 1 rings (SSSR count). The zero-order chi connectivity index (χ0) is 9.84. The van der Waals surface area contributed by atoms with E-state index in [-0.39, 0.29) is 23.3 Å². The van der Waals surface area contributed by atoms with E-state index in [1.54, 1.807) is 0 Å². The van der Waals surface area contributed by atoms with Crippen LogP contribution in [0.3, 0.4) is 0 Å². The van der Waals surface area contributed by atoms with Gasteiger partial charge >= 0.3 is 0 Å². The Morgan fingerprint density at radius 3 is 2.69 bits per heavy atom. The molecule has 0 saturated heterocycles. The van der Waals surface area contributed by atoms with Gasteiger partial charge in [-0.25, -0.2) is 4.39 Å². The normalized spacial score (nSPS) is 10.1. The minimum absolute atomic E-state index is 0.0501. The summed E-state index contributed by atoms with van der Waals surface area (Å²) in [6, 6.07) is 4.07. The first-order valence-electron chi connectivity index (χ1n) is 3.67. The summed E-state index contributed by atoms with van der Waals surface area (Å²) in [7, 11) is 0. The number of Topliss-reactive ketones (excluding diaryl/α,β-unsaturated/α-hetero) is 1. The molecule has 0 atom stereocenters. The molecule has 4 heteroatoms. The summed E-state index contributed by atoms with van der Waals surface area (Å²) < 4.78 is 13.1. The predicted molar refractivity (Wildman–Crippen MR) is 50.4 cm³/mol. The van der Waals surface area contributed by atoms with Crippen molar-refractivity contribution in [2.24, 2.45) is 0 Å². The highest BCUT2D eigenvalue weighted by Gasteiger charge is 2.10. The first kappa shape index (κ1) is 10.3. The number of hydrogen-bond donors (Lipinski definition) is 1. The number of ketones is 1. The van der Waals surface area contributed by atoms with Gasteiger partial charge in [0.25, 0.3) is 0 Å². The van der Waals surface area contributed by atoms with Crippen LogP contribution < -0.4 is 0 Å². The average Bonchev–Trinajstić information content (AvgIpc) is 2.16. The Balaban J connectivity index is 3.05. The van der Waals surface area contributed by atoms with E-state index in [1.165, 1.54) is 12.1 Å². The highest BCUT2D eigenvalue weighted by molar-refractivity contribution is 9.09. The molecule has 0 heterocycles. The van der Waals surface area contributed by atoms with Crippen molar-refractivity contribution in [1.82, 2.24) is 0 Å². The van der Waals surface area contributed by atoms with E-state index in [1.807, 2.05) is 0 Å². The van der Waals surface area contributed by atoms with E-state index in [0.717, 1.165) is 6.07 Å². The Kier molecular flexibility index (Phi) is 3.57. The van der Waals surface area contributed by atoms with Crippen LogP contribution in [0.2, 0.25) is 0 Å². The van der Waals surface area contributed by atoms with Gasteiger partial charge in [0.15, 0.2) is 5.78 Å². The van der Waals surface area contributed by atoms with E-state index in [0.29, 0.717) is 5.56 Å². The van der Waals surface area contributed by atoms with Gasteiger partial charge in [0.1, 0.15) is 5.82 Å². The first-order valence-corrected chi connectivity index (χ1v) is 4.79. The van der Waals surface area contributed by atoms with Gasteiger partial charge in [-0.3, -0.25) is 4.79 Å². The molecule has 0 radical (unpaired) electrons. The first-order chi connectivity index (χ1) is 6.19. The van der Waals surface area contributed by atoms with E-state index >= 15 is 0 Å². The molecule has 0 fully saturated rings. The summed E-state index contributed by atoms with van der Waals surface area (Å²) in [6.45, 7) is -0.223. The topological polar surface area (TPSA) is 37.3 Å². The molecule has 0 bridgehead atoms. The third-order valence-electron chi connectivity index (χ3n) is 1.64. The number of aliphatic hydroxyl groups excluding tert-OH is 1. The summed E-state index contributed by atoms with van der Waals surface area (Å²) in [5.41, 5.74) is 0.512. The Labute approximate surface area is 83.5 Å². The molecule has 0 aliphatic carbocycles. The van der Waals surface area contributed by atoms with Crippen LogP contribution in [0.1, 0.15) is 15.9 Å². The van der Waals surface area contributed by atoms with Crippen molar-refractivity contribution in [2.45, 2.75) is 6.61 Å². The lowest BCUT2D eigenvalue weighted by atomic mass is 10.1. The molecule has 0 aliphatic heterocycles. The fourth-order valence-corrected chi connectivity index (χ4v) is 1.26. The van der Waals surface area contributed by atoms with Crippen LogP contribution in [0, 0.1) is 5.82 Å². The Hall–Kier alpha value is -0.740. The van der Waals surface area contributed by atoms with Gasteiger partial charge in [-0.15, -0.1) is 0 Å². The Morgan fingerprint density at radius 2 is 2.23 bits per heavy atom. The molecule has 1 N–H and O–H groups in total. The third-order valence-corrected chi connectivity index (χ3v) is 2.15. The van der Waals surface area contributed by atoms with Crippen LogP contribution in [0.4, 0.5) is 4.39 Å². The smallest absolute Gasteiger partial charge is 0.176 e. The maximum absolute atomic E-state index is 13.1. The van der Waals surface area contributed by atoms with Crippen molar-refractivity contribution < 1.29 is 14.3 Å². The van der Waals surface area contributed by atoms with E-state index in [2.05, 4.69) is 15.9 Å². The number of hydrogen-bond acceptors (Lipinski definition) is 2. The molecule has 0 unspecified atom stereocenters. The predicted octanol–water partition coefficient (Wildman–Crippen LogP) is 1.90. The van der Waals surface area contributed by atoms with E-state index < -0.39 is 5.82 Å². The van der Waals surface area contributed by atoms with E-state index in [9.17, 15) is 9.18 Å². The maximum Gasteiger partial charge on any atom is 0.176 e. The zero-order valence-electron chi connectivity index (χ0n) is 6.76. The molecule has 2 nitrogen and oxygen atoms in total. The molecule has 70 valence electrons. The second-order valence-corrected chi connectivity index (χ2v) is 3.09. The number of carbonyl (C=O) groups excluding carboxylic acids is 1. The number of carbonyl (C=O) groups is 1. The van der Waals surface area contributed by atoms with Gasteiger partial charge < -0.3 is 5.11 Å². The molecular formula is C9H8BrFO2. The maximum atomic E-state index is 13.1. The summed E-state index contributed by atoms with van der Waals surface area (Å²) in [5.74, 6) is -0.891. The van der Waals surface area contributed by atoms with Gasteiger partial charge in [0.05, 0.1) is 17.5 Å². The van der Waals surface area contributed by atoms with Gasteiger partial charge in [-0.05, 0) is 17.7 Å². The number of aliphatic hydroxyl groups is 1. The molecule has 0 aliphatic rings. The zero-order valence-corrected chi connectivity index (χ0v) is 8.34. The van der Waals surface area contributed by atoms with Crippen molar-refractivity contribution in [3.8, 4) is 0 Å². The SMILES string of the molecule is O=C(CBr)c1ccc(CO)cc1F. The fraction of sp³-hybridized carbons (Fsp3) is 0.222. The lowest BCUT2D eigenvalue weighted by molar-refractivity contribution is 0.102. The Bertz CT molecular complexity index is 325. The van der Waals surface area contributed by atoms with Crippen LogP contribution in [0.15, 0.2) is 18.2 Å². The number of halogens is 2. The van der Waals surface area contributed by atoms with Gasteiger partial charge in [-0.1, -0.05) is 22.0 Å². The lowest BCUT2D eigenvalue weighted by Gasteiger charge is -2.01. The molecule has 1 aromatic carbocycles. The minimum atomic E-state index is -0.587. The molecule has 0 aromatic heterocycles. The van der Waals surface area contributed by atoms with Crippen LogP contribution in [0.25, 0.3) is 0 Å². The lowest BCUT2D eigenvalue weighted by Crippen LogP contribution is -2.03. The van der Waals surface area contributed by atoms with Crippen molar-refractivity contribution in [3.63, 3.8) is 0 Å². The molecule has 0 amide bonds. The van der Waals surface area contributed by atoms with Gasteiger partial charge in [0, 0.05) is 0 Å². The minimum Gasteiger partial charge on any atom is -0.392 e. The monoisotopic (exact) mass is 246 g/mol. The highest BCUT2D eigenvalue weighted by atomic mass is 79.9. The molecule has 13 heavy (non-hydrogen) atoms. The van der Waals surface area contributed by atoms with Gasteiger partial charge in [-0.2, -0.15) is 0 Å². The van der Waals surface area contributed by atoms with Crippen LogP contribution in [-0.2, 0) is 6.61 Å². The van der Waals surface area contributed by atoms with Crippen LogP contribution in [-0.4, -0.2) is 16.2 Å². The summed E-state index contributed by atoms with van der Waals surface area (Å²) in [6.07, 6.45) is 0. The Morgan fingerprint density at radius 1 is 1.54 bits per heavy atom. The third kappa shape index (κ3) is 2.35. The van der Waals surface area contributed by atoms with Crippen molar-refractivity contribution >= 4 is 21.7 Å². The largest absolute Gasteiger partial charge is 0.392 e. The number of rotatable bonds is 3. The summed E-state index contributed by atoms with van der Waals surface area (Å²) in [5, 5.41) is 8.79. The quantitative estimate of drug-likeness (QED) is 0.654. The summed E-state index contributed by atoms with van der Waals surface area (Å²) >= 11 is 2.96. The molecular weight excluding hydrogens is 239 g/mol. The van der Waals surface area contributed by atoms with Crippen LogP contribution in [0.5, 0.6) is 0 Å². The number of alkyl halides is 1. The average molecular weight is 247 g/mol. The second-order valence-electron chi connectivity index (χ2n) is 2.53. The molecule has 0 spiro atoms. The van der Waals surface area contributed by atoms with Crippen molar-refractivity contribution in [1.29, 1.82) is 0 Å². The van der Waals surface area contributed by atoms with Crippen molar-refractivity contribution in [3.05, 3.63) is 35.1 Å². The molecule has 0 saturated carbocycles. The standard InChI is InChI=1S/C9H8BrFO2/c10-4-9(13)7-2-1-6(5-12)3-8(7)11/h1-3,12H,4-5H2. The summed E-state index contributed by atoms with van der Waals surface area (Å²) in [4.78, 5) is 11.1. The molecule has 1 aromatic rings. The number of benzene rings is 1. The fourth-order valence-electron chi connectivity index (χ4n) is 0.955. The highest BCUT2D eigenvalue weighted by Crippen LogP contribution is 2.12. The van der Waals surface area contributed by atoms with E-state index in [4.69, 9.17) is 5.11 Å². The second kappa shape index (κ2) is 4.48.